The average molecular weight is 403 g/mol. The molecule has 5 heteroatoms. The van der Waals surface area contributed by atoms with Gasteiger partial charge < -0.3 is 4.98 Å². The quantitative estimate of drug-likeness (QED) is 0.370. The second-order valence-electron chi connectivity index (χ2n) is 5.69. The standard InChI is InChI=1S/C21H15BrN4/c22-17-11-13-18(14-12-17)25-26-21-23-19(15-7-3-1-4-8-15)20(24-21)16-9-5-2-6-10-16/h1-14H,(H,23,24). The first-order valence-electron chi connectivity index (χ1n) is 8.18. The summed E-state index contributed by atoms with van der Waals surface area (Å²) in [6.07, 6.45) is 0. The van der Waals surface area contributed by atoms with Crippen LogP contribution in [0.2, 0.25) is 0 Å². The van der Waals surface area contributed by atoms with Crippen molar-refractivity contribution in [3.63, 3.8) is 0 Å². The van der Waals surface area contributed by atoms with Crippen LogP contribution in [0.25, 0.3) is 22.5 Å². The number of aromatic nitrogens is 2. The lowest BCUT2D eigenvalue weighted by atomic mass is 10.1. The molecular formula is C21H15BrN4. The van der Waals surface area contributed by atoms with Gasteiger partial charge in [-0.25, -0.2) is 4.98 Å². The molecule has 4 rings (SSSR count). The predicted molar refractivity (Wildman–Crippen MR) is 108 cm³/mol. The predicted octanol–water partition coefficient (Wildman–Crippen LogP) is 6.92. The molecule has 1 heterocycles. The molecule has 26 heavy (non-hydrogen) atoms. The van der Waals surface area contributed by atoms with Crippen molar-refractivity contribution in [1.29, 1.82) is 0 Å². The first kappa shape index (κ1) is 16.4. The van der Waals surface area contributed by atoms with Crippen molar-refractivity contribution < 1.29 is 0 Å². The number of aromatic amines is 1. The summed E-state index contributed by atoms with van der Waals surface area (Å²) >= 11 is 3.42. The third-order valence-electron chi connectivity index (χ3n) is 3.89. The zero-order chi connectivity index (χ0) is 17.8. The van der Waals surface area contributed by atoms with E-state index in [-0.39, 0.29) is 0 Å². The average Bonchev–Trinajstić information content (AvgIpc) is 3.13. The molecular weight excluding hydrogens is 388 g/mol. The van der Waals surface area contributed by atoms with Gasteiger partial charge in [-0.1, -0.05) is 76.6 Å². The SMILES string of the molecule is Brc1ccc(N=Nc2nc(-c3ccccc3)c(-c3ccccc3)[nH]2)cc1. The maximum atomic E-state index is 4.66. The molecule has 0 aliphatic carbocycles. The summed E-state index contributed by atoms with van der Waals surface area (Å²) in [6.45, 7) is 0. The van der Waals surface area contributed by atoms with Crippen LogP contribution in [0.15, 0.2) is 99.6 Å². The molecule has 0 spiro atoms. The van der Waals surface area contributed by atoms with Gasteiger partial charge in [-0.3, -0.25) is 0 Å². The van der Waals surface area contributed by atoms with Gasteiger partial charge in [0.15, 0.2) is 0 Å². The van der Waals surface area contributed by atoms with Gasteiger partial charge in [0.25, 0.3) is 0 Å². The maximum absolute atomic E-state index is 4.66. The minimum atomic E-state index is 0.477. The summed E-state index contributed by atoms with van der Waals surface area (Å²) < 4.78 is 1.01. The van der Waals surface area contributed by atoms with Crippen molar-refractivity contribution in [3.05, 3.63) is 89.4 Å². The van der Waals surface area contributed by atoms with E-state index in [0.717, 1.165) is 32.7 Å². The first-order chi connectivity index (χ1) is 12.8. The van der Waals surface area contributed by atoms with E-state index in [2.05, 4.69) is 48.3 Å². The molecule has 1 N–H and O–H groups in total. The van der Waals surface area contributed by atoms with Crippen LogP contribution in [-0.2, 0) is 0 Å². The molecule has 0 amide bonds. The smallest absolute Gasteiger partial charge is 0.247 e. The molecule has 126 valence electrons. The van der Waals surface area contributed by atoms with Crippen molar-refractivity contribution in [2.45, 2.75) is 0 Å². The number of imidazole rings is 1. The molecule has 1 aromatic heterocycles. The van der Waals surface area contributed by atoms with Crippen molar-refractivity contribution in [3.8, 4) is 22.5 Å². The lowest BCUT2D eigenvalue weighted by Gasteiger charge is -2.02. The molecule has 4 nitrogen and oxygen atoms in total. The summed E-state index contributed by atoms with van der Waals surface area (Å²) in [5.41, 5.74) is 4.66. The summed E-state index contributed by atoms with van der Waals surface area (Å²) in [7, 11) is 0. The minimum Gasteiger partial charge on any atom is -0.320 e. The minimum absolute atomic E-state index is 0.477. The summed E-state index contributed by atoms with van der Waals surface area (Å²) in [4.78, 5) is 7.96. The second kappa shape index (κ2) is 7.45. The highest BCUT2D eigenvalue weighted by Gasteiger charge is 2.13. The highest BCUT2D eigenvalue weighted by Crippen LogP contribution is 2.32. The zero-order valence-electron chi connectivity index (χ0n) is 13.8. The second-order valence-corrected chi connectivity index (χ2v) is 6.61. The van der Waals surface area contributed by atoms with Gasteiger partial charge in [-0.05, 0) is 24.3 Å². The lowest BCUT2D eigenvalue weighted by molar-refractivity contribution is 1.13. The van der Waals surface area contributed by atoms with Crippen LogP contribution in [0, 0.1) is 0 Å². The Labute approximate surface area is 159 Å². The molecule has 0 bridgehead atoms. The van der Waals surface area contributed by atoms with Gasteiger partial charge in [0.2, 0.25) is 5.95 Å². The van der Waals surface area contributed by atoms with Crippen molar-refractivity contribution in [1.82, 2.24) is 9.97 Å². The number of H-pyrrole nitrogens is 1. The van der Waals surface area contributed by atoms with Crippen LogP contribution in [0.4, 0.5) is 11.6 Å². The Hall–Kier alpha value is -3.05. The number of azo groups is 1. The highest BCUT2D eigenvalue weighted by molar-refractivity contribution is 9.10. The Morgan fingerprint density at radius 3 is 1.96 bits per heavy atom. The summed E-state index contributed by atoms with van der Waals surface area (Å²) in [5.74, 6) is 0.477. The van der Waals surface area contributed by atoms with Crippen molar-refractivity contribution in [2.75, 3.05) is 0 Å². The van der Waals surface area contributed by atoms with Gasteiger partial charge >= 0.3 is 0 Å². The van der Waals surface area contributed by atoms with Gasteiger partial charge in [0, 0.05) is 15.6 Å². The zero-order valence-corrected chi connectivity index (χ0v) is 15.4. The molecule has 4 aromatic rings. The molecule has 0 radical (unpaired) electrons. The van der Waals surface area contributed by atoms with Crippen LogP contribution in [0.5, 0.6) is 0 Å². The molecule has 0 fully saturated rings. The van der Waals surface area contributed by atoms with E-state index in [1.807, 2.05) is 72.8 Å². The Kier molecular flexibility index (Phi) is 4.71. The van der Waals surface area contributed by atoms with Crippen LogP contribution in [-0.4, -0.2) is 9.97 Å². The summed E-state index contributed by atoms with van der Waals surface area (Å²) in [5, 5.41) is 8.55. The molecule has 0 saturated carbocycles. The fourth-order valence-corrected chi connectivity index (χ4v) is 2.90. The Morgan fingerprint density at radius 1 is 0.692 bits per heavy atom. The fourth-order valence-electron chi connectivity index (χ4n) is 2.64. The van der Waals surface area contributed by atoms with Crippen molar-refractivity contribution in [2.24, 2.45) is 10.2 Å². The Morgan fingerprint density at radius 2 is 1.31 bits per heavy atom. The molecule has 0 aliphatic heterocycles. The topological polar surface area (TPSA) is 53.4 Å². The first-order valence-corrected chi connectivity index (χ1v) is 8.97. The number of nitrogens with zero attached hydrogens (tertiary/aromatic N) is 3. The van der Waals surface area contributed by atoms with E-state index in [1.165, 1.54) is 0 Å². The highest BCUT2D eigenvalue weighted by atomic mass is 79.9. The van der Waals surface area contributed by atoms with Gasteiger partial charge in [0.1, 0.15) is 0 Å². The van der Waals surface area contributed by atoms with Crippen molar-refractivity contribution >= 4 is 27.6 Å². The van der Waals surface area contributed by atoms with Crippen LogP contribution in [0.1, 0.15) is 0 Å². The van der Waals surface area contributed by atoms with Crippen LogP contribution in [0.3, 0.4) is 0 Å². The lowest BCUT2D eigenvalue weighted by Crippen LogP contribution is -1.82. The van der Waals surface area contributed by atoms with Crippen LogP contribution < -0.4 is 0 Å². The van der Waals surface area contributed by atoms with E-state index in [1.54, 1.807) is 0 Å². The third kappa shape index (κ3) is 3.63. The number of halogens is 1. The van der Waals surface area contributed by atoms with Crippen LogP contribution >= 0.6 is 15.9 Å². The number of benzene rings is 3. The molecule has 0 saturated heterocycles. The largest absolute Gasteiger partial charge is 0.320 e. The Balaban J connectivity index is 1.75. The number of rotatable bonds is 4. The van der Waals surface area contributed by atoms with E-state index >= 15 is 0 Å². The molecule has 0 atom stereocenters. The van der Waals surface area contributed by atoms with Gasteiger partial charge in [-0.2, -0.15) is 0 Å². The summed E-state index contributed by atoms with van der Waals surface area (Å²) in [6, 6.07) is 27.8. The maximum Gasteiger partial charge on any atom is 0.247 e. The van der Waals surface area contributed by atoms with Gasteiger partial charge in [0.05, 0.1) is 17.1 Å². The third-order valence-corrected chi connectivity index (χ3v) is 4.42. The van der Waals surface area contributed by atoms with E-state index in [4.69, 9.17) is 0 Å². The fraction of sp³-hybridized carbons (Fsp3) is 0. The van der Waals surface area contributed by atoms with E-state index in [0.29, 0.717) is 5.95 Å². The van der Waals surface area contributed by atoms with E-state index in [9.17, 15) is 0 Å². The van der Waals surface area contributed by atoms with E-state index < -0.39 is 0 Å². The number of nitrogens with one attached hydrogen (secondary N) is 1. The molecule has 0 unspecified atom stereocenters. The monoisotopic (exact) mass is 402 g/mol. The van der Waals surface area contributed by atoms with Gasteiger partial charge in [-0.15, -0.1) is 10.2 Å². The molecule has 3 aromatic carbocycles. The number of hydrogen-bond donors (Lipinski definition) is 1. The normalized spacial score (nSPS) is 11.1. The number of hydrogen-bond acceptors (Lipinski definition) is 3. The molecule has 0 aliphatic rings. The Bertz CT molecular complexity index is 966.